The lowest BCUT2D eigenvalue weighted by molar-refractivity contribution is 0.476. The van der Waals surface area contributed by atoms with Gasteiger partial charge in [0, 0.05) is 38.9 Å². The zero-order valence-corrected chi connectivity index (χ0v) is 31.4. The number of aromatic nitrogens is 3. The molecule has 4 heterocycles. The first-order valence-electron chi connectivity index (χ1n) is 20.1. The molecule has 0 bridgehead atoms. The minimum absolute atomic E-state index is 0.0261. The summed E-state index contributed by atoms with van der Waals surface area (Å²) in [4.78, 5) is 13.7. The molecule has 0 saturated heterocycles. The normalized spacial score (nSPS) is 26.9. The Labute approximate surface area is 321 Å². The number of anilines is 2. The second-order valence-electron chi connectivity index (χ2n) is 16.7. The van der Waals surface area contributed by atoms with E-state index in [2.05, 4.69) is 176 Å². The van der Waals surface area contributed by atoms with Gasteiger partial charge in [-0.15, -0.1) is 0 Å². The monoisotopic (exact) mass is 710 g/mol. The number of benzene rings is 4. The maximum atomic E-state index is 5.71. The van der Waals surface area contributed by atoms with Crippen molar-refractivity contribution in [3.63, 3.8) is 0 Å². The fraction of sp³-hybridized carbons (Fsp3) is 0.216. The largest absolute Gasteiger partial charge is 0.335 e. The molecule has 2 aliphatic heterocycles. The summed E-state index contributed by atoms with van der Waals surface area (Å²) in [7, 11) is 0. The highest BCUT2D eigenvalue weighted by Gasteiger charge is 2.57. The molecule has 4 aromatic carbocycles. The molecular weight excluding hydrogens is 669 g/mol. The van der Waals surface area contributed by atoms with Gasteiger partial charge in [-0.2, -0.15) is 0 Å². The topological polar surface area (TPSA) is 34.0 Å². The Morgan fingerprint density at radius 3 is 2.42 bits per heavy atom. The first-order chi connectivity index (χ1) is 27.0. The molecule has 0 spiro atoms. The predicted octanol–water partition coefficient (Wildman–Crippen LogP) is 12.2. The molecule has 12 rings (SSSR count). The average Bonchev–Trinajstić information content (AvgIpc) is 3.68. The summed E-state index contributed by atoms with van der Waals surface area (Å²) in [5.74, 6) is 1.81. The second-order valence-corrected chi connectivity index (χ2v) is 16.7. The van der Waals surface area contributed by atoms with E-state index < -0.39 is 0 Å². The smallest absolute Gasteiger partial charge is 0.231 e. The number of allylic oxidation sites excluding steroid dienone is 12. The van der Waals surface area contributed by atoms with Gasteiger partial charge in [0.1, 0.15) is 0 Å². The standard InChI is InChI=1S/C51H42N4/c1-30-14-4-6-16-34(30)33-24-25-35(31(2)28-33)47-40-20-8-11-21-42(40)52-50(53-47)55-45-27-26-39-37-18-9-12-22-43(37)54-44-23-13-10-19-38(44)41-29-32-15-5-7-17-36(32)48(55)46(41)51(45,3)49(39)54/h4-13,15-27,29-31,38,44-45H,14,28H2,1-3H3. The molecule has 55 heavy (non-hydrogen) atoms. The van der Waals surface area contributed by atoms with Crippen LogP contribution < -0.4 is 4.90 Å². The molecule has 4 heteroatoms. The molecule has 6 unspecified atom stereocenters. The number of fused-ring (bicyclic) bond motifs is 9. The molecule has 6 atom stereocenters. The number of hydrogen-bond donors (Lipinski definition) is 0. The minimum Gasteiger partial charge on any atom is -0.335 e. The Morgan fingerprint density at radius 1 is 0.745 bits per heavy atom. The van der Waals surface area contributed by atoms with Crippen LogP contribution >= 0.6 is 0 Å². The second kappa shape index (κ2) is 11.3. The van der Waals surface area contributed by atoms with Crippen LogP contribution in [0, 0.1) is 11.8 Å². The number of hydrogen-bond acceptors (Lipinski definition) is 3. The van der Waals surface area contributed by atoms with E-state index >= 15 is 0 Å². The van der Waals surface area contributed by atoms with Crippen LogP contribution in [0.5, 0.6) is 0 Å². The van der Waals surface area contributed by atoms with Gasteiger partial charge in [-0.05, 0) is 77.0 Å². The van der Waals surface area contributed by atoms with Crippen molar-refractivity contribution < 1.29 is 0 Å². The van der Waals surface area contributed by atoms with Crippen molar-refractivity contribution in [3.8, 4) is 0 Å². The van der Waals surface area contributed by atoms with E-state index in [9.17, 15) is 0 Å². The number of para-hydroxylation sites is 2. The Bertz CT molecular complexity index is 2910. The minimum atomic E-state index is -0.361. The van der Waals surface area contributed by atoms with Gasteiger partial charge in [-0.25, -0.2) is 9.97 Å². The molecule has 0 fully saturated rings. The van der Waals surface area contributed by atoms with E-state index in [1.54, 1.807) is 0 Å². The predicted molar refractivity (Wildman–Crippen MR) is 228 cm³/mol. The highest BCUT2D eigenvalue weighted by atomic mass is 15.3. The first kappa shape index (κ1) is 31.4. The van der Waals surface area contributed by atoms with Crippen LogP contribution in [-0.4, -0.2) is 20.6 Å². The van der Waals surface area contributed by atoms with Gasteiger partial charge in [0.05, 0.1) is 34.4 Å². The molecule has 6 aliphatic rings. The van der Waals surface area contributed by atoms with Crippen LogP contribution in [0.4, 0.5) is 11.6 Å². The Hall–Kier alpha value is -6.00. The third-order valence-corrected chi connectivity index (χ3v) is 13.7. The van der Waals surface area contributed by atoms with Crippen molar-refractivity contribution >= 4 is 55.9 Å². The lowest BCUT2D eigenvalue weighted by Crippen LogP contribution is -2.44. The summed E-state index contributed by atoms with van der Waals surface area (Å²) in [5, 5.41) is 4.95. The third kappa shape index (κ3) is 4.12. The Morgan fingerprint density at radius 2 is 1.55 bits per heavy atom. The molecule has 0 radical (unpaired) electrons. The van der Waals surface area contributed by atoms with E-state index in [0.29, 0.717) is 11.8 Å². The van der Waals surface area contributed by atoms with Crippen LogP contribution in [0.25, 0.3) is 44.2 Å². The SMILES string of the molecule is CC1CC=CC=C1C1=CC=C(c2nc(N3c4c5c(cc6ccccc46)C4C=CC=CC4n4c6c(c7ccccc74)C=CC3C56C)nc3ccccc23)C(C)C1. The molecule has 2 aromatic heterocycles. The van der Waals surface area contributed by atoms with Gasteiger partial charge in [0.15, 0.2) is 0 Å². The molecular formula is C51H42N4. The number of nitrogens with zero attached hydrogens (tertiary/aromatic N) is 4. The molecule has 6 aromatic rings. The molecule has 266 valence electrons. The highest BCUT2D eigenvalue weighted by molar-refractivity contribution is 6.05. The third-order valence-electron chi connectivity index (χ3n) is 13.7. The molecule has 4 nitrogen and oxygen atoms in total. The maximum absolute atomic E-state index is 5.71. The molecule has 0 N–H and O–H groups in total. The zero-order chi connectivity index (χ0) is 36.6. The van der Waals surface area contributed by atoms with E-state index in [-0.39, 0.29) is 23.4 Å². The van der Waals surface area contributed by atoms with Crippen LogP contribution in [0.2, 0.25) is 0 Å². The van der Waals surface area contributed by atoms with E-state index in [1.807, 2.05) is 0 Å². The van der Waals surface area contributed by atoms with Crippen LogP contribution in [0.1, 0.15) is 73.7 Å². The van der Waals surface area contributed by atoms with Gasteiger partial charge in [-0.3, -0.25) is 0 Å². The quantitative estimate of drug-likeness (QED) is 0.183. The zero-order valence-electron chi connectivity index (χ0n) is 31.4. The number of rotatable bonds is 3. The highest BCUT2D eigenvalue weighted by Crippen LogP contribution is 2.63. The molecule has 0 saturated carbocycles. The Balaban J connectivity index is 1.14. The Kier molecular flexibility index (Phi) is 6.43. The molecule has 0 amide bonds. The van der Waals surface area contributed by atoms with Gasteiger partial charge in [-0.1, -0.05) is 147 Å². The van der Waals surface area contributed by atoms with Gasteiger partial charge >= 0.3 is 0 Å². The average molecular weight is 711 g/mol. The van der Waals surface area contributed by atoms with E-state index in [0.717, 1.165) is 35.4 Å². The van der Waals surface area contributed by atoms with E-state index in [1.165, 1.54) is 66.5 Å². The van der Waals surface area contributed by atoms with Crippen LogP contribution in [0.3, 0.4) is 0 Å². The summed E-state index contributed by atoms with van der Waals surface area (Å²) in [6.07, 6.45) is 27.9. The van der Waals surface area contributed by atoms with Crippen molar-refractivity contribution in [2.75, 3.05) is 4.90 Å². The fourth-order valence-corrected chi connectivity index (χ4v) is 11.3. The van der Waals surface area contributed by atoms with Gasteiger partial charge in [0.25, 0.3) is 0 Å². The van der Waals surface area contributed by atoms with Crippen LogP contribution in [0.15, 0.2) is 151 Å². The maximum Gasteiger partial charge on any atom is 0.231 e. The van der Waals surface area contributed by atoms with Gasteiger partial charge < -0.3 is 9.47 Å². The van der Waals surface area contributed by atoms with Gasteiger partial charge in [0.2, 0.25) is 5.95 Å². The summed E-state index contributed by atoms with van der Waals surface area (Å²) in [5.41, 5.74) is 14.0. The van der Waals surface area contributed by atoms with Crippen molar-refractivity contribution in [2.45, 2.75) is 57.0 Å². The summed E-state index contributed by atoms with van der Waals surface area (Å²) in [6, 6.07) is 29.3. The lowest BCUT2D eigenvalue weighted by Gasteiger charge is -2.38. The summed E-state index contributed by atoms with van der Waals surface area (Å²) in [6.45, 7) is 7.23. The van der Waals surface area contributed by atoms with E-state index in [4.69, 9.17) is 9.97 Å². The summed E-state index contributed by atoms with van der Waals surface area (Å²) >= 11 is 0. The van der Waals surface area contributed by atoms with Crippen molar-refractivity contribution in [1.82, 2.24) is 14.5 Å². The van der Waals surface area contributed by atoms with Crippen molar-refractivity contribution in [3.05, 3.63) is 179 Å². The lowest BCUT2D eigenvalue weighted by atomic mass is 9.69. The first-order valence-corrected chi connectivity index (χ1v) is 20.1. The van der Waals surface area contributed by atoms with Crippen molar-refractivity contribution in [1.29, 1.82) is 0 Å². The van der Waals surface area contributed by atoms with Crippen molar-refractivity contribution in [2.24, 2.45) is 11.8 Å². The van der Waals surface area contributed by atoms with Crippen LogP contribution in [-0.2, 0) is 5.41 Å². The molecule has 4 aliphatic carbocycles. The summed E-state index contributed by atoms with van der Waals surface area (Å²) < 4.78 is 2.69. The fourth-order valence-electron chi connectivity index (χ4n) is 11.3.